The van der Waals surface area contributed by atoms with Crippen LogP contribution in [0.25, 0.3) is 0 Å². The molecule has 11 heavy (non-hydrogen) atoms. The Hall–Kier alpha value is -1.22. The maximum absolute atomic E-state index is 11.1. The molecule has 3 nitrogen and oxygen atoms in total. The van der Waals surface area contributed by atoms with Crippen LogP contribution in [0.5, 0.6) is 0 Å². The molecule has 0 saturated carbocycles. The quantitative estimate of drug-likeness (QED) is 0.547. The number of fused-ring (bicyclic) bond motifs is 1. The molecule has 0 aromatic carbocycles. The van der Waals surface area contributed by atoms with Crippen LogP contribution in [0.1, 0.15) is 16.1 Å². The van der Waals surface area contributed by atoms with E-state index in [0.717, 1.165) is 5.56 Å². The maximum Gasteiger partial charge on any atom is 0.207 e. The van der Waals surface area contributed by atoms with E-state index in [1.54, 1.807) is 12.3 Å². The number of pyridine rings is 1. The number of Topliss-reactive ketones (excluding diaryl/α,β-unsaturated/α-hetero) is 1. The minimum Gasteiger partial charge on any atom is -0.368 e. The van der Waals surface area contributed by atoms with Crippen molar-refractivity contribution in [3.05, 3.63) is 29.6 Å². The smallest absolute Gasteiger partial charge is 0.207 e. The summed E-state index contributed by atoms with van der Waals surface area (Å²) in [6, 6.07) is 3.67. The summed E-state index contributed by atoms with van der Waals surface area (Å²) in [6.07, 6.45) is 1.63. The number of aromatic nitrogens is 1. The second-order valence-corrected chi connectivity index (χ2v) is 2.43. The van der Waals surface area contributed by atoms with E-state index in [-0.39, 0.29) is 12.4 Å². The summed E-state index contributed by atoms with van der Waals surface area (Å²) in [5.74, 6) is -0.0214. The van der Waals surface area contributed by atoms with Crippen LogP contribution in [0, 0.1) is 0 Å². The van der Waals surface area contributed by atoms with Crippen LogP contribution in [0.3, 0.4) is 0 Å². The van der Waals surface area contributed by atoms with Gasteiger partial charge in [-0.25, -0.2) is 0 Å². The topological polar surface area (TPSA) is 39.2 Å². The van der Waals surface area contributed by atoms with E-state index < -0.39 is 0 Å². The zero-order valence-electron chi connectivity index (χ0n) is 5.91. The molecule has 2 heterocycles. The lowest BCUT2D eigenvalue weighted by Gasteiger charge is -2.12. The predicted molar refractivity (Wildman–Crippen MR) is 38.2 cm³/mol. The van der Waals surface area contributed by atoms with Crippen LogP contribution >= 0.6 is 0 Å². The van der Waals surface area contributed by atoms with E-state index in [4.69, 9.17) is 4.74 Å². The van der Waals surface area contributed by atoms with Gasteiger partial charge in [-0.15, -0.1) is 0 Å². The molecule has 3 heteroatoms. The van der Waals surface area contributed by atoms with Crippen molar-refractivity contribution in [3.8, 4) is 0 Å². The third-order valence-electron chi connectivity index (χ3n) is 1.65. The minimum absolute atomic E-state index is 0.0214. The predicted octanol–water partition coefficient (Wildman–Crippen LogP) is 0.794. The average molecular weight is 149 g/mol. The van der Waals surface area contributed by atoms with E-state index in [1.807, 2.05) is 6.07 Å². The van der Waals surface area contributed by atoms with Crippen molar-refractivity contribution in [1.29, 1.82) is 0 Å². The molecule has 0 atom stereocenters. The minimum atomic E-state index is -0.0214. The zero-order chi connectivity index (χ0) is 7.68. The van der Waals surface area contributed by atoms with Gasteiger partial charge in [0.2, 0.25) is 5.78 Å². The molecule has 2 rings (SSSR count). The second-order valence-electron chi connectivity index (χ2n) is 2.43. The maximum atomic E-state index is 11.1. The van der Waals surface area contributed by atoms with Gasteiger partial charge in [0.25, 0.3) is 0 Å². The Kier molecular flexibility index (Phi) is 1.43. The normalized spacial score (nSPS) is 16.2. The molecular formula is C8H7NO2. The highest BCUT2D eigenvalue weighted by Crippen LogP contribution is 2.12. The third kappa shape index (κ3) is 1.03. The van der Waals surface area contributed by atoms with Gasteiger partial charge in [0.1, 0.15) is 12.3 Å². The number of nitrogens with zero attached hydrogens (tertiary/aromatic N) is 1. The monoisotopic (exact) mass is 149 g/mol. The zero-order valence-corrected chi connectivity index (χ0v) is 5.91. The molecule has 0 N–H and O–H groups in total. The number of ketones is 1. The van der Waals surface area contributed by atoms with E-state index in [0.29, 0.717) is 12.3 Å². The highest BCUT2D eigenvalue weighted by atomic mass is 16.5. The SMILES string of the molecule is O=C1COCc2cccnc21. The fourth-order valence-corrected chi connectivity index (χ4v) is 1.13. The first-order valence-corrected chi connectivity index (χ1v) is 3.43. The van der Waals surface area contributed by atoms with Gasteiger partial charge < -0.3 is 4.74 Å². The van der Waals surface area contributed by atoms with Crippen LogP contribution < -0.4 is 0 Å². The van der Waals surface area contributed by atoms with Gasteiger partial charge in [-0.2, -0.15) is 0 Å². The molecule has 0 bridgehead atoms. The summed E-state index contributed by atoms with van der Waals surface area (Å²) in [5.41, 5.74) is 1.46. The van der Waals surface area contributed by atoms with Gasteiger partial charge in [0.05, 0.1) is 6.61 Å². The summed E-state index contributed by atoms with van der Waals surface area (Å²) < 4.78 is 5.02. The molecule has 0 fully saturated rings. The van der Waals surface area contributed by atoms with Gasteiger partial charge in [-0.05, 0) is 6.07 Å². The summed E-state index contributed by atoms with van der Waals surface area (Å²) in [5, 5.41) is 0. The van der Waals surface area contributed by atoms with Crippen molar-refractivity contribution >= 4 is 5.78 Å². The lowest BCUT2D eigenvalue weighted by atomic mass is 10.1. The van der Waals surface area contributed by atoms with Gasteiger partial charge >= 0.3 is 0 Å². The molecule has 0 unspecified atom stereocenters. The molecule has 1 aliphatic heterocycles. The van der Waals surface area contributed by atoms with E-state index >= 15 is 0 Å². The van der Waals surface area contributed by atoms with Gasteiger partial charge in [0, 0.05) is 11.8 Å². The molecule has 0 amide bonds. The molecular weight excluding hydrogens is 142 g/mol. The van der Waals surface area contributed by atoms with Crippen molar-refractivity contribution in [2.45, 2.75) is 6.61 Å². The number of ether oxygens (including phenoxy) is 1. The number of rotatable bonds is 0. The van der Waals surface area contributed by atoms with Crippen molar-refractivity contribution in [2.75, 3.05) is 6.61 Å². The molecule has 0 saturated heterocycles. The summed E-state index contributed by atoms with van der Waals surface area (Å²) in [4.78, 5) is 15.1. The number of hydrogen-bond donors (Lipinski definition) is 0. The Morgan fingerprint density at radius 2 is 2.36 bits per heavy atom. The van der Waals surface area contributed by atoms with Crippen LogP contribution in [0.15, 0.2) is 18.3 Å². The first-order valence-electron chi connectivity index (χ1n) is 3.43. The first-order chi connectivity index (χ1) is 5.38. The van der Waals surface area contributed by atoms with E-state index in [1.165, 1.54) is 0 Å². The molecule has 0 spiro atoms. The van der Waals surface area contributed by atoms with Crippen LogP contribution in [0.2, 0.25) is 0 Å². The fourth-order valence-electron chi connectivity index (χ4n) is 1.13. The molecule has 1 aromatic heterocycles. The van der Waals surface area contributed by atoms with Crippen molar-refractivity contribution in [2.24, 2.45) is 0 Å². The van der Waals surface area contributed by atoms with E-state index in [9.17, 15) is 4.79 Å². The fraction of sp³-hybridized carbons (Fsp3) is 0.250. The Labute approximate surface area is 64.0 Å². The molecule has 1 aromatic rings. The summed E-state index contributed by atoms with van der Waals surface area (Å²) >= 11 is 0. The lowest BCUT2D eigenvalue weighted by molar-refractivity contribution is 0.0657. The van der Waals surface area contributed by atoms with Crippen LogP contribution in [-0.4, -0.2) is 17.4 Å². The Balaban J connectivity index is 2.52. The van der Waals surface area contributed by atoms with Crippen LogP contribution in [0.4, 0.5) is 0 Å². The third-order valence-corrected chi connectivity index (χ3v) is 1.65. The standard InChI is InChI=1S/C8H7NO2/c10-7-5-11-4-6-2-1-3-9-8(6)7/h1-3H,4-5H2. The van der Waals surface area contributed by atoms with Crippen molar-refractivity contribution < 1.29 is 9.53 Å². The molecule has 56 valence electrons. The summed E-state index contributed by atoms with van der Waals surface area (Å²) in [7, 11) is 0. The lowest BCUT2D eigenvalue weighted by Crippen LogP contribution is -2.19. The average Bonchev–Trinajstić information content (AvgIpc) is 2.06. The number of carbonyl (C=O) groups is 1. The molecule has 1 aliphatic rings. The Bertz CT molecular complexity index is 296. The van der Waals surface area contributed by atoms with E-state index in [2.05, 4.69) is 4.98 Å². The van der Waals surface area contributed by atoms with Gasteiger partial charge in [0.15, 0.2) is 0 Å². The Morgan fingerprint density at radius 3 is 3.18 bits per heavy atom. The number of hydrogen-bond acceptors (Lipinski definition) is 3. The second kappa shape index (κ2) is 2.43. The molecule has 0 radical (unpaired) electrons. The highest BCUT2D eigenvalue weighted by Gasteiger charge is 2.17. The van der Waals surface area contributed by atoms with Gasteiger partial charge in [-0.3, -0.25) is 9.78 Å². The summed E-state index contributed by atoms with van der Waals surface area (Å²) in [6.45, 7) is 0.679. The highest BCUT2D eigenvalue weighted by molar-refractivity contribution is 5.97. The number of carbonyl (C=O) groups excluding carboxylic acids is 1. The molecule has 0 aliphatic carbocycles. The Morgan fingerprint density at radius 1 is 1.45 bits per heavy atom. The van der Waals surface area contributed by atoms with Crippen molar-refractivity contribution in [3.63, 3.8) is 0 Å². The van der Waals surface area contributed by atoms with Gasteiger partial charge in [-0.1, -0.05) is 6.07 Å². The largest absolute Gasteiger partial charge is 0.368 e. The van der Waals surface area contributed by atoms with Crippen molar-refractivity contribution in [1.82, 2.24) is 4.98 Å². The van der Waals surface area contributed by atoms with Crippen LogP contribution in [-0.2, 0) is 11.3 Å². The first kappa shape index (κ1) is 6.49.